The Labute approximate surface area is 132 Å². The molecule has 0 atom stereocenters. The highest BCUT2D eigenvalue weighted by Crippen LogP contribution is 2.26. The maximum absolute atomic E-state index is 13.1. The average molecular weight is 310 g/mol. The number of aromatic nitrogens is 1. The molecule has 0 unspecified atom stereocenters. The molecular formula is C18H15FN2O2. The molecule has 0 saturated heterocycles. The van der Waals surface area contributed by atoms with Crippen molar-refractivity contribution in [2.24, 2.45) is 0 Å². The van der Waals surface area contributed by atoms with E-state index in [1.807, 2.05) is 31.2 Å². The normalized spacial score (nSPS) is 10.6. The summed E-state index contributed by atoms with van der Waals surface area (Å²) in [6.45, 7) is 3.59. The Morgan fingerprint density at radius 3 is 2.48 bits per heavy atom. The van der Waals surface area contributed by atoms with E-state index < -0.39 is 0 Å². The van der Waals surface area contributed by atoms with Crippen LogP contribution in [0.2, 0.25) is 0 Å². The molecular weight excluding hydrogens is 295 g/mol. The zero-order valence-corrected chi connectivity index (χ0v) is 12.8. The lowest BCUT2D eigenvalue weighted by Crippen LogP contribution is -2.14. The number of nitrogens with zero attached hydrogens (tertiary/aromatic N) is 1. The van der Waals surface area contributed by atoms with Gasteiger partial charge in [-0.15, -0.1) is 0 Å². The summed E-state index contributed by atoms with van der Waals surface area (Å²) in [6.07, 6.45) is 0. The van der Waals surface area contributed by atoms with Crippen molar-refractivity contribution < 1.29 is 13.7 Å². The van der Waals surface area contributed by atoms with Gasteiger partial charge in [0.15, 0.2) is 0 Å². The number of hydrogen-bond donors (Lipinski definition) is 1. The van der Waals surface area contributed by atoms with E-state index >= 15 is 0 Å². The molecule has 116 valence electrons. The molecule has 1 heterocycles. The summed E-state index contributed by atoms with van der Waals surface area (Å²) >= 11 is 0. The highest BCUT2D eigenvalue weighted by molar-refractivity contribution is 6.09. The van der Waals surface area contributed by atoms with Crippen LogP contribution in [0.25, 0.3) is 11.3 Å². The number of para-hydroxylation sites is 1. The average Bonchev–Trinajstić information content (AvgIpc) is 2.92. The summed E-state index contributed by atoms with van der Waals surface area (Å²) in [5.74, 6) is -0.243. The summed E-state index contributed by atoms with van der Waals surface area (Å²) in [6, 6.07) is 13.3. The van der Waals surface area contributed by atoms with Crippen LogP contribution >= 0.6 is 0 Å². The summed E-state index contributed by atoms with van der Waals surface area (Å²) in [5, 5.41) is 6.80. The van der Waals surface area contributed by atoms with Gasteiger partial charge in [-0.3, -0.25) is 4.79 Å². The first-order chi connectivity index (χ1) is 11.1. The van der Waals surface area contributed by atoms with Gasteiger partial charge >= 0.3 is 0 Å². The van der Waals surface area contributed by atoms with Crippen LogP contribution in [0.1, 0.15) is 21.7 Å². The lowest BCUT2D eigenvalue weighted by atomic mass is 10.1. The van der Waals surface area contributed by atoms with Gasteiger partial charge in [0.1, 0.15) is 22.8 Å². The van der Waals surface area contributed by atoms with Gasteiger partial charge in [0.2, 0.25) is 0 Å². The molecule has 4 nitrogen and oxygen atoms in total. The zero-order chi connectivity index (χ0) is 16.4. The Morgan fingerprint density at radius 1 is 1.09 bits per heavy atom. The molecule has 1 N–H and O–H groups in total. The fourth-order valence-electron chi connectivity index (χ4n) is 2.34. The van der Waals surface area contributed by atoms with E-state index in [1.165, 1.54) is 12.1 Å². The minimum absolute atomic E-state index is 0.308. The molecule has 5 heteroatoms. The third-order valence-electron chi connectivity index (χ3n) is 3.60. The summed E-state index contributed by atoms with van der Waals surface area (Å²) in [4.78, 5) is 12.6. The molecule has 0 aliphatic carbocycles. The molecule has 0 aliphatic rings. The van der Waals surface area contributed by atoms with Gasteiger partial charge in [0, 0.05) is 11.3 Å². The molecule has 0 fully saturated rings. The van der Waals surface area contributed by atoms with Crippen LogP contribution in [0, 0.1) is 19.7 Å². The van der Waals surface area contributed by atoms with Gasteiger partial charge in [-0.05, 0) is 49.7 Å². The fraction of sp³-hybridized carbons (Fsp3) is 0.111. The number of carbonyl (C=O) groups is 1. The number of carbonyl (C=O) groups excluding carboxylic acids is 1. The highest BCUT2D eigenvalue weighted by atomic mass is 19.1. The monoisotopic (exact) mass is 310 g/mol. The van der Waals surface area contributed by atoms with E-state index in [0.717, 1.165) is 11.3 Å². The molecule has 0 saturated carbocycles. The van der Waals surface area contributed by atoms with Crippen LogP contribution in [0.3, 0.4) is 0 Å². The highest BCUT2D eigenvalue weighted by Gasteiger charge is 2.22. The van der Waals surface area contributed by atoms with E-state index in [1.54, 1.807) is 19.1 Å². The SMILES string of the molecule is Cc1ccccc1NC(=O)c1c(-c2ccc(F)cc2)noc1C. The molecule has 3 aromatic rings. The summed E-state index contributed by atoms with van der Waals surface area (Å²) in [5.41, 5.74) is 3.05. The van der Waals surface area contributed by atoms with Crippen molar-refractivity contribution in [2.75, 3.05) is 5.32 Å². The van der Waals surface area contributed by atoms with Crippen molar-refractivity contribution in [3.63, 3.8) is 0 Å². The van der Waals surface area contributed by atoms with Gasteiger partial charge in [-0.25, -0.2) is 4.39 Å². The first kappa shape index (κ1) is 15.0. The second-order valence-electron chi connectivity index (χ2n) is 5.24. The van der Waals surface area contributed by atoms with Crippen LogP contribution in [-0.4, -0.2) is 11.1 Å². The quantitative estimate of drug-likeness (QED) is 0.782. The van der Waals surface area contributed by atoms with Crippen molar-refractivity contribution in [3.8, 4) is 11.3 Å². The largest absolute Gasteiger partial charge is 0.360 e. The van der Waals surface area contributed by atoms with Crippen LogP contribution in [0.15, 0.2) is 53.1 Å². The number of hydrogen-bond acceptors (Lipinski definition) is 3. The standard InChI is InChI=1S/C18H15FN2O2/c1-11-5-3-4-6-15(11)20-18(22)16-12(2)23-21-17(16)13-7-9-14(19)10-8-13/h3-10H,1-2H3,(H,20,22). The Balaban J connectivity index is 1.97. The topological polar surface area (TPSA) is 55.1 Å². The number of rotatable bonds is 3. The minimum atomic E-state index is -0.347. The predicted octanol–water partition coefficient (Wildman–Crippen LogP) is 4.35. The lowest BCUT2D eigenvalue weighted by Gasteiger charge is -2.08. The molecule has 0 spiro atoms. The van der Waals surface area contributed by atoms with Crippen molar-refractivity contribution in [1.82, 2.24) is 5.16 Å². The molecule has 1 amide bonds. The van der Waals surface area contributed by atoms with Crippen molar-refractivity contribution >= 4 is 11.6 Å². The number of aryl methyl sites for hydroxylation is 2. The third-order valence-corrected chi connectivity index (χ3v) is 3.60. The number of halogens is 1. The van der Waals surface area contributed by atoms with Crippen molar-refractivity contribution in [1.29, 1.82) is 0 Å². The molecule has 3 rings (SSSR count). The van der Waals surface area contributed by atoms with E-state index in [9.17, 15) is 9.18 Å². The predicted molar refractivity (Wildman–Crippen MR) is 85.8 cm³/mol. The van der Waals surface area contributed by atoms with Gasteiger partial charge < -0.3 is 9.84 Å². The molecule has 0 aliphatic heterocycles. The molecule has 0 bridgehead atoms. The maximum Gasteiger partial charge on any atom is 0.261 e. The van der Waals surface area contributed by atoms with Gasteiger partial charge in [0.05, 0.1) is 0 Å². The molecule has 2 aromatic carbocycles. The Bertz CT molecular complexity index is 854. The first-order valence-corrected chi connectivity index (χ1v) is 7.15. The van der Waals surface area contributed by atoms with Crippen LogP contribution in [0.5, 0.6) is 0 Å². The van der Waals surface area contributed by atoms with Crippen molar-refractivity contribution in [2.45, 2.75) is 13.8 Å². The lowest BCUT2D eigenvalue weighted by molar-refractivity contribution is 0.102. The van der Waals surface area contributed by atoms with Crippen molar-refractivity contribution in [3.05, 3.63) is 71.2 Å². The first-order valence-electron chi connectivity index (χ1n) is 7.15. The molecule has 0 radical (unpaired) electrons. The van der Waals surface area contributed by atoms with E-state index in [4.69, 9.17) is 4.52 Å². The number of benzene rings is 2. The third kappa shape index (κ3) is 2.99. The van der Waals surface area contributed by atoms with Crippen LogP contribution in [-0.2, 0) is 0 Å². The fourth-order valence-corrected chi connectivity index (χ4v) is 2.34. The second kappa shape index (κ2) is 6.04. The number of amides is 1. The minimum Gasteiger partial charge on any atom is -0.360 e. The summed E-state index contributed by atoms with van der Waals surface area (Å²) < 4.78 is 18.2. The molecule has 1 aromatic heterocycles. The Hall–Kier alpha value is -2.95. The molecule has 23 heavy (non-hydrogen) atoms. The van der Waals surface area contributed by atoms with E-state index in [-0.39, 0.29) is 11.7 Å². The summed E-state index contributed by atoms with van der Waals surface area (Å²) in [7, 11) is 0. The number of anilines is 1. The number of nitrogens with one attached hydrogen (secondary N) is 1. The smallest absolute Gasteiger partial charge is 0.261 e. The second-order valence-corrected chi connectivity index (χ2v) is 5.24. The maximum atomic E-state index is 13.1. The Kier molecular flexibility index (Phi) is 3.93. The van der Waals surface area contributed by atoms with E-state index in [0.29, 0.717) is 22.6 Å². The Morgan fingerprint density at radius 2 is 1.78 bits per heavy atom. The van der Waals surface area contributed by atoms with Gasteiger partial charge in [0.25, 0.3) is 5.91 Å². The van der Waals surface area contributed by atoms with E-state index in [2.05, 4.69) is 10.5 Å². The zero-order valence-electron chi connectivity index (χ0n) is 12.8. The van der Waals surface area contributed by atoms with Gasteiger partial charge in [-0.2, -0.15) is 0 Å². The van der Waals surface area contributed by atoms with Crippen LogP contribution < -0.4 is 5.32 Å². The van der Waals surface area contributed by atoms with Gasteiger partial charge in [-0.1, -0.05) is 23.4 Å². The van der Waals surface area contributed by atoms with Crippen LogP contribution in [0.4, 0.5) is 10.1 Å².